The molecule has 8 nitrogen and oxygen atoms in total. The van der Waals surface area contributed by atoms with Crippen LogP contribution >= 0.6 is 23.1 Å². The van der Waals surface area contributed by atoms with Crippen LogP contribution in [0.1, 0.15) is 36.9 Å². The molecule has 3 rings (SSSR count). The maximum absolute atomic E-state index is 11.5. The van der Waals surface area contributed by atoms with E-state index in [1.54, 1.807) is 7.11 Å². The number of nitrogens with one attached hydrogen (secondary N) is 2. The van der Waals surface area contributed by atoms with E-state index in [1.165, 1.54) is 11.5 Å². The number of nitrogens with two attached hydrogens (primary N) is 1. The summed E-state index contributed by atoms with van der Waals surface area (Å²) in [6.45, 7) is 0.829. The van der Waals surface area contributed by atoms with Crippen molar-refractivity contribution in [2.24, 2.45) is 5.14 Å². The molecular formula is C17H24ClN5O3S2. The Morgan fingerprint density at radius 2 is 2.14 bits per heavy atom. The van der Waals surface area contributed by atoms with Crippen LogP contribution < -0.4 is 19.9 Å². The van der Waals surface area contributed by atoms with Gasteiger partial charge in [-0.15, -0.1) is 5.10 Å². The molecule has 1 aromatic heterocycles. The van der Waals surface area contributed by atoms with E-state index in [9.17, 15) is 8.42 Å². The quantitative estimate of drug-likeness (QED) is 0.571. The molecule has 1 aliphatic rings. The van der Waals surface area contributed by atoms with Crippen LogP contribution in [0.4, 0.5) is 0 Å². The maximum atomic E-state index is 11.5. The van der Waals surface area contributed by atoms with Crippen LogP contribution in [0.15, 0.2) is 24.3 Å². The van der Waals surface area contributed by atoms with Gasteiger partial charge in [0.05, 0.1) is 7.11 Å². The molecule has 0 spiro atoms. The first-order chi connectivity index (χ1) is 13.3. The number of rotatable bonds is 8. The number of ether oxygens (including phenoxy) is 1. The molecule has 2 aromatic rings. The molecule has 1 aliphatic carbocycles. The SMILES string of the molecule is COc1cccc([C@]2(CNS(N)(=O)=O)CC[C@@H](NCc3nnsc3Cl)CC2)c1. The Hall–Kier alpha value is -1.30. The van der Waals surface area contributed by atoms with E-state index in [-0.39, 0.29) is 12.0 Å². The largest absolute Gasteiger partial charge is 0.497 e. The van der Waals surface area contributed by atoms with Gasteiger partial charge in [-0.3, -0.25) is 0 Å². The molecule has 0 aliphatic heterocycles. The first-order valence-electron chi connectivity index (χ1n) is 8.93. The number of halogens is 1. The van der Waals surface area contributed by atoms with E-state index < -0.39 is 10.2 Å². The summed E-state index contributed by atoms with van der Waals surface area (Å²) in [5, 5.41) is 12.7. The third-order valence-electron chi connectivity index (χ3n) is 5.30. The molecule has 28 heavy (non-hydrogen) atoms. The fourth-order valence-electron chi connectivity index (χ4n) is 3.68. The van der Waals surface area contributed by atoms with Gasteiger partial charge in [0, 0.05) is 36.1 Å². The van der Waals surface area contributed by atoms with Gasteiger partial charge in [-0.05, 0) is 43.4 Å². The topological polar surface area (TPSA) is 119 Å². The minimum absolute atomic E-state index is 0.257. The van der Waals surface area contributed by atoms with Gasteiger partial charge in [-0.25, -0.2) is 9.86 Å². The number of nitrogens with zero attached hydrogens (tertiary/aromatic N) is 2. The van der Waals surface area contributed by atoms with Crippen LogP contribution in [-0.4, -0.2) is 37.7 Å². The summed E-state index contributed by atoms with van der Waals surface area (Å²) in [5.41, 5.74) is 1.47. The smallest absolute Gasteiger partial charge is 0.274 e. The van der Waals surface area contributed by atoms with Gasteiger partial charge in [-0.1, -0.05) is 28.2 Å². The molecule has 0 atom stereocenters. The first-order valence-corrected chi connectivity index (χ1v) is 11.6. The highest BCUT2D eigenvalue weighted by Crippen LogP contribution is 2.40. The van der Waals surface area contributed by atoms with Gasteiger partial charge in [0.15, 0.2) is 0 Å². The van der Waals surface area contributed by atoms with Crippen molar-refractivity contribution in [2.45, 2.75) is 43.7 Å². The monoisotopic (exact) mass is 445 g/mol. The summed E-state index contributed by atoms with van der Waals surface area (Å²) in [7, 11) is -2.15. The zero-order valence-corrected chi connectivity index (χ0v) is 17.9. The molecule has 1 heterocycles. The van der Waals surface area contributed by atoms with Gasteiger partial charge in [0.1, 0.15) is 15.8 Å². The lowest BCUT2D eigenvalue weighted by atomic mass is 9.68. The van der Waals surface area contributed by atoms with Gasteiger partial charge in [0.2, 0.25) is 0 Å². The fourth-order valence-corrected chi connectivity index (χ4v) is 4.78. The molecule has 154 valence electrons. The Kier molecular flexibility index (Phi) is 6.89. The number of hydrogen-bond acceptors (Lipinski definition) is 7. The predicted molar refractivity (Wildman–Crippen MR) is 110 cm³/mol. The van der Waals surface area contributed by atoms with Crippen LogP contribution in [0.25, 0.3) is 0 Å². The van der Waals surface area contributed by atoms with Crippen LogP contribution in [0.2, 0.25) is 4.34 Å². The summed E-state index contributed by atoms with van der Waals surface area (Å²) >= 11 is 7.24. The molecule has 0 radical (unpaired) electrons. The van der Waals surface area contributed by atoms with E-state index in [2.05, 4.69) is 19.6 Å². The Labute approximate surface area is 174 Å². The first kappa shape index (κ1) is 21.4. The lowest BCUT2D eigenvalue weighted by Gasteiger charge is -2.41. The number of hydrogen-bond donors (Lipinski definition) is 3. The molecule has 0 unspecified atom stereocenters. The average molecular weight is 446 g/mol. The Morgan fingerprint density at radius 3 is 2.75 bits per heavy atom. The zero-order chi connectivity index (χ0) is 20.2. The van der Waals surface area contributed by atoms with Crippen LogP contribution in [0, 0.1) is 0 Å². The van der Waals surface area contributed by atoms with Crippen molar-refractivity contribution in [3.8, 4) is 5.75 Å². The number of benzene rings is 1. The third kappa shape index (κ3) is 5.40. The highest BCUT2D eigenvalue weighted by molar-refractivity contribution is 7.87. The molecule has 0 saturated heterocycles. The van der Waals surface area contributed by atoms with Crippen molar-refractivity contribution in [1.29, 1.82) is 0 Å². The standard InChI is InChI=1S/C17H24ClN5O3S2/c1-26-14-4-2-3-12(9-14)17(11-21-28(19,24)25)7-5-13(6-8-17)20-10-15-16(18)27-23-22-15/h2-4,9,13,20-21H,5-8,10-11H2,1H3,(H2,19,24,25)/t13-,17-. The van der Waals surface area contributed by atoms with Gasteiger partial charge in [0.25, 0.3) is 10.2 Å². The molecular weight excluding hydrogens is 422 g/mol. The van der Waals surface area contributed by atoms with E-state index in [1.807, 2.05) is 24.3 Å². The second-order valence-corrected chi connectivity index (χ2v) is 9.76. The fraction of sp³-hybridized carbons (Fsp3) is 0.529. The predicted octanol–water partition coefficient (Wildman–Crippen LogP) is 1.96. The van der Waals surface area contributed by atoms with E-state index in [0.717, 1.165) is 42.7 Å². The van der Waals surface area contributed by atoms with Crippen molar-refractivity contribution in [2.75, 3.05) is 13.7 Å². The maximum Gasteiger partial charge on any atom is 0.274 e. The molecule has 1 aromatic carbocycles. The molecule has 0 amide bonds. The normalized spacial score (nSPS) is 22.9. The van der Waals surface area contributed by atoms with E-state index in [0.29, 0.717) is 16.9 Å². The van der Waals surface area contributed by atoms with Gasteiger partial charge < -0.3 is 10.1 Å². The summed E-state index contributed by atoms with van der Waals surface area (Å²) in [6.07, 6.45) is 3.39. The van der Waals surface area contributed by atoms with Crippen LogP contribution in [-0.2, 0) is 22.2 Å². The minimum Gasteiger partial charge on any atom is -0.497 e. The Morgan fingerprint density at radius 1 is 1.39 bits per heavy atom. The summed E-state index contributed by atoms with van der Waals surface area (Å²) < 4.78 is 35.3. The second-order valence-electron chi connectivity index (χ2n) is 7.03. The second kappa shape index (κ2) is 9.02. The van der Waals surface area contributed by atoms with Crippen molar-refractivity contribution in [3.05, 3.63) is 39.9 Å². The van der Waals surface area contributed by atoms with Crippen molar-refractivity contribution >= 4 is 33.3 Å². The van der Waals surface area contributed by atoms with Crippen LogP contribution in [0.5, 0.6) is 5.75 Å². The minimum atomic E-state index is -3.77. The van der Waals surface area contributed by atoms with Gasteiger partial charge >= 0.3 is 0 Å². The number of aromatic nitrogens is 2. The molecule has 11 heteroatoms. The lowest BCUT2D eigenvalue weighted by Crippen LogP contribution is -2.47. The molecule has 1 saturated carbocycles. The van der Waals surface area contributed by atoms with Crippen LogP contribution in [0.3, 0.4) is 0 Å². The van der Waals surface area contributed by atoms with Gasteiger partial charge in [-0.2, -0.15) is 8.42 Å². The summed E-state index contributed by atoms with van der Waals surface area (Å²) in [5.74, 6) is 0.749. The van der Waals surface area contributed by atoms with E-state index >= 15 is 0 Å². The Bertz CT molecular complexity index is 898. The number of methoxy groups -OCH3 is 1. The summed E-state index contributed by atoms with van der Waals surface area (Å²) in [4.78, 5) is 0. The Balaban J connectivity index is 1.71. The van der Waals surface area contributed by atoms with E-state index in [4.69, 9.17) is 21.5 Å². The summed E-state index contributed by atoms with van der Waals surface area (Å²) in [6, 6.07) is 8.09. The average Bonchev–Trinajstić information content (AvgIpc) is 3.10. The van der Waals surface area contributed by atoms with Crippen molar-refractivity contribution < 1.29 is 13.2 Å². The molecule has 4 N–H and O–H groups in total. The lowest BCUT2D eigenvalue weighted by molar-refractivity contribution is 0.244. The third-order valence-corrected chi connectivity index (χ3v) is 6.84. The zero-order valence-electron chi connectivity index (χ0n) is 15.5. The molecule has 0 bridgehead atoms. The van der Waals surface area contributed by atoms with Crippen molar-refractivity contribution in [3.63, 3.8) is 0 Å². The highest BCUT2D eigenvalue weighted by atomic mass is 35.5. The van der Waals surface area contributed by atoms with Crippen molar-refractivity contribution in [1.82, 2.24) is 19.6 Å². The molecule has 1 fully saturated rings. The highest BCUT2D eigenvalue weighted by Gasteiger charge is 2.37.